The Labute approximate surface area is 144 Å². The van der Waals surface area contributed by atoms with Gasteiger partial charge in [-0.3, -0.25) is 4.90 Å². The summed E-state index contributed by atoms with van der Waals surface area (Å²) in [4.78, 5) is 6.66. The Morgan fingerprint density at radius 3 is 2.44 bits per heavy atom. The highest BCUT2D eigenvalue weighted by Crippen LogP contribution is 2.64. The van der Waals surface area contributed by atoms with Crippen molar-refractivity contribution in [2.45, 2.75) is 44.8 Å². The van der Waals surface area contributed by atoms with E-state index >= 15 is 0 Å². The van der Waals surface area contributed by atoms with E-state index in [2.05, 4.69) is 15.0 Å². The number of alkyl halides is 3. The second-order valence-electron chi connectivity index (χ2n) is 7.26. The summed E-state index contributed by atoms with van der Waals surface area (Å²) < 4.78 is 42.9. The molecule has 2 heterocycles. The summed E-state index contributed by atoms with van der Waals surface area (Å²) >= 11 is 0. The van der Waals surface area contributed by atoms with E-state index in [-0.39, 0.29) is 0 Å². The molecule has 1 saturated heterocycles. The van der Waals surface area contributed by atoms with Gasteiger partial charge in [-0.05, 0) is 55.5 Å². The molecule has 0 amide bonds. The van der Waals surface area contributed by atoms with Crippen molar-refractivity contribution in [1.82, 2.24) is 15.0 Å². The Bertz CT molecular complexity index is 746. The first-order valence-corrected chi connectivity index (χ1v) is 8.54. The van der Waals surface area contributed by atoms with Gasteiger partial charge in [0.2, 0.25) is 5.89 Å². The number of aryl methyl sites for hydroxylation is 1. The Morgan fingerprint density at radius 2 is 1.88 bits per heavy atom. The Balaban J connectivity index is 1.32. The van der Waals surface area contributed by atoms with Crippen LogP contribution in [0.5, 0.6) is 0 Å². The highest BCUT2D eigenvalue weighted by atomic mass is 19.4. The topological polar surface area (TPSA) is 42.2 Å². The number of aromatic nitrogens is 2. The van der Waals surface area contributed by atoms with Gasteiger partial charge in [0.05, 0.1) is 5.56 Å². The molecule has 2 aromatic rings. The van der Waals surface area contributed by atoms with Crippen LogP contribution < -0.4 is 0 Å². The lowest BCUT2D eigenvalue weighted by molar-refractivity contribution is -0.137. The molecule has 1 spiro atoms. The highest BCUT2D eigenvalue weighted by molar-refractivity contribution is 5.25. The maximum Gasteiger partial charge on any atom is 0.416 e. The van der Waals surface area contributed by atoms with E-state index in [1.54, 1.807) is 19.1 Å². The monoisotopic (exact) mass is 351 g/mol. The van der Waals surface area contributed by atoms with Crippen LogP contribution in [-0.2, 0) is 12.7 Å². The lowest BCUT2D eigenvalue weighted by atomic mass is 9.90. The quantitative estimate of drug-likeness (QED) is 0.832. The zero-order valence-electron chi connectivity index (χ0n) is 14.0. The fourth-order valence-electron chi connectivity index (χ4n) is 3.94. The molecule has 1 aromatic carbocycles. The molecule has 1 unspecified atom stereocenters. The first-order chi connectivity index (χ1) is 11.9. The molecule has 1 aromatic heterocycles. The van der Waals surface area contributed by atoms with Gasteiger partial charge in [0.15, 0.2) is 5.82 Å². The first-order valence-electron chi connectivity index (χ1n) is 8.54. The standard InChI is InChI=1S/C18H20F3N3O/c1-12-22-16(23-25-12)15-10-17(15)6-8-24(9-7-17)11-13-2-4-14(5-3-13)18(19,20)21/h2-5,15H,6-11H2,1H3. The Morgan fingerprint density at radius 1 is 1.20 bits per heavy atom. The van der Waals surface area contributed by atoms with Crippen LogP contribution in [0, 0.1) is 12.3 Å². The van der Waals surface area contributed by atoms with Crippen LogP contribution in [0.3, 0.4) is 0 Å². The summed E-state index contributed by atoms with van der Waals surface area (Å²) in [6.45, 7) is 4.40. The molecule has 0 bridgehead atoms. The number of likely N-dealkylation sites (tertiary alicyclic amines) is 1. The van der Waals surface area contributed by atoms with Gasteiger partial charge in [0, 0.05) is 19.4 Å². The molecule has 1 aliphatic heterocycles. The van der Waals surface area contributed by atoms with Crippen LogP contribution in [0.25, 0.3) is 0 Å². The van der Waals surface area contributed by atoms with Gasteiger partial charge >= 0.3 is 6.18 Å². The lowest BCUT2D eigenvalue weighted by Gasteiger charge is -2.32. The van der Waals surface area contributed by atoms with Crippen LogP contribution in [0.1, 0.15) is 48.0 Å². The number of hydrogen-bond acceptors (Lipinski definition) is 4. The molecule has 4 rings (SSSR count). The SMILES string of the molecule is Cc1nc(C2CC23CCN(Cc2ccc(C(F)(F)F)cc2)CC3)no1. The zero-order valence-corrected chi connectivity index (χ0v) is 14.0. The average molecular weight is 351 g/mol. The van der Waals surface area contributed by atoms with E-state index in [9.17, 15) is 13.2 Å². The number of nitrogens with zero attached hydrogens (tertiary/aromatic N) is 3. The molecule has 1 aliphatic carbocycles. The van der Waals surface area contributed by atoms with E-state index in [1.807, 2.05) is 0 Å². The molecule has 4 nitrogen and oxygen atoms in total. The van der Waals surface area contributed by atoms with Gasteiger partial charge in [-0.1, -0.05) is 17.3 Å². The molecule has 134 valence electrons. The minimum atomic E-state index is -4.27. The molecule has 1 atom stereocenters. The molecule has 25 heavy (non-hydrogen) atoms. The number of halogens is 3. The van der Waals surface area contributed by atoms with E-state index in [0.717, 1.165) is 55.9 Å². The first kappa shape index (κ1) is 16.6. The second kappa shape index (κ2) is 5.83. The number of rotatable bonds is 3. The van der Waals surface area contributed by atoms with Gasteiger partial charge in [-0.2, -0.15) is 18.2 Å². The summed E-state index contributed by atoms with van der Waals surface area (Å²) in [6, 6.07) is 5.48. The fraction of sp³-hybridized carbons (Fsp3) is 0.556. The van der Waals surface area contributed by atoms with Crippen LogP contribution >= 0.6 is 0 Å². The van der Waals surface area contributed by atoms with Crippen molar-refractivity contribution >= 4 is 0 Å². The van der Waals surface area contributed by atoms with E-state index in [4.69, 9.17) is 4.52 Å². The molecular weight excluding hydrogens is 331 g/mol. The molecular formula is C18H20F3N3O. The summed E-state index contributed by atoms with van der Waals surface area (Å²) in [7, 11) is 0. The summed E-state index contributed by atoms with van der Waals surface area (Å²) in [5.41, 5.74) is 0.627. The molecule has 1 saturated carbocycles. The van der Waals surface area contributed by atoms with Crippen LogP contribution in [0.2, 0.25) is 0 Å². The Hall–Kier alpha value is -1.89. The van der Waals surface area contributed by atoms with Gasteiger partial charge < -0.3 is 4.52 Å². The number of benzene rings is 1. The number of piperidine rings is 1. The summed E-state index contributed by atoms with van der Waals surface area (Å²) in [5, 5.41) is 4.05. The normalized spacial score (nSPS) is 23.1. The van der Waals surface area contributed by atoms with Gasteiger partial charge in [-0.25, -0.2) is 0 Å². The van der Waals surface area contributed by atoms with Crippen molar-refractivity contribution in [3.63, 3.8) is 0 Å². The predicted molar refractivity (Wildman–Crippen MR) is 84.8 cm³/mol. The molecule has 0 radical (unpaired) electrons. The van der Waals surface area contributed by atoms with Crippen LogP contribution in [0.4, 0.5) is 13.2 Å². The van der Waals surface area contributed by atoms with Crippen molar-refractivity contribution in [3.8, 4) is 0 Å². The molecule has 0 N–H and O–H groups in total. The third kappa shape index (κ3) is 3.29. The van der Waals surface area contributed by atoms with Crippen LogP contribution in [-0.4, -0.2) is 28.1 Å². The third-order valence-corrected chi connectivity index (χ3v) is 5.58. The van der Waals surface area contributed by atoms with Crippen molar-refractivity contribution < 1.29 is 17.7 Å². The summed E-state index contributed by atoms with van der Waals surface area (Å²) in [6.07, 6.45) is -1.01. The number of hydrogen-bond donors (Lipinski definition) is 0. The van der Waals surface area contributed by atoms with Crippen molar-refractivity contribution in [3.05, 3.63) is 47.1 Å². The highest BCUT2D eigenvalue weighted by Gasteiger charge is 2.57. The smallest absolute Gasteiger partial charge is 0.340 e. The van der Waals surface area contributed by atoms with E-state index < -0.39 is 11.7 Å². The van der Waals surface area contributed by atoms with Gasteiger partial charge in [0.1, 0.15) is 0 Å². The van der Waals surface area contributed by atoms with Gasteiger partial charge in [0.25, 0.3) is 0 Å². The molecule has 2 fully saturated rings. The minimum Gasteiger partial charge on any atom is -0.340 e. The van der Waals surface area contributed by atoms with Crippen molar-refractivity contribution in [2.24, 2.45) is 5.41 Å². The minimum absolute atomic E-state index is 0.299. The average Bonchev–Trinajstić information content (AvgIpc) is 3.09. The van der Waals surface area contributed by atoms with E-state index in [0.29, 0.717) is 23.8 Å². The third-order valence-electron chi connectivity index (χ3n) is 5.58. The Kier molecular flexibility index (Phi) is 3.86. The molecule has 2 aliphatic rings. The lowest BCUT2D eigenvalue weighted by Crippen LogP contribution is -2.34. The predicted octanol–water partition coefficient (Wildman–Crippen LogP) is 4.17. The largest absolute Gasteiger partial charge is 0.416 e. The maximum absolute atomic E-state index is 12.6. The zero-order chi connectivity index (χ0) is 17.7. The maximum atomic E-state index is 12.6. The van der Waals surface area contributed by atoms with E-state index in [1.165, 1.54) is 0 Å². The van der Waals surface area contributed by atoms with Gasteiger partial charge in [-0.15, -0.1) is 0 Å². The molecule has 7 heteroatoms. The second-order valence-corrected chi connectivity index (χ2v) is 7.26. The summed E-state index contributed by atoms with van der Waals surface area (Å²) in [5.74, 6) is 1.84. The van der Waals surface area contributed by atoms with Crippen molar-refractivity contribution in [1.29, 1.82) is 0 Å². The van der Waals surface area contributed by atoms with Crippen molar-refractivity contribution in [2.75, 3.05) is 13.1 Å². The fourth-order valence-corrected chi connectivity index (χ4v) is 3.94. The van der Waals surface area contributed by atoms with Crippen LogP contribution in [0.15, 0.2) is 28.8 Å².